The maximum absolute atomic E-state index is 12.3. The molecule has 2 aromatic rings. The number of hydrogen-bond acceptors (Lipinski definition) is 2. The number of ether oxygens (including phenoxy) is 1. The number of rotatable bonds is 4. The van der Waals surface area contributed by atoms with E-state index in [9.17, 15) is 4.79 Å². The lowest BCUT2D eigenvalue weighted by Gasteiger charge is -2.11. The summed E-state index contributed by atoms with van der Waals surface area (Å²) in [5.74, 6) is 0.656. The van der Waals surface area contributed by atoms with Crippen molar-refractivity contribution in [2.24, 2.45) is 0 Å². The summed E-state index contributed by atoms with van der Waals surface area (Å²) in [5.41, 5.74) is 3.23. The van der Waals surface area contributed by atoms with E-state index in [1.54, 1.807) is 18.2 Å². The summed E-state index contributed by atoms with van der Waals surface area (Å²) in [7, 11) is 0. The highest BCUT2D eigenvalue weighted by Gasteiger charge is 2.10. The number of halogens is 1. The fourth-order valence-electron chi connectivity index (χ4n) is 2.07. The van der Waals surface area contributed by atoms with Crippen LogP contribution >= 0.6 is 11.6 Å². The first-order valence-corrected chi connectivity index (χ1v) is 7.20. The predicted molar refractivity (Wildman–Crippen MR) is 86.5 cm³/mol. The molecular weight excluding hydrogens is 286 g/mol. The third kappa shape index (κ3) is 3.76. The van der Waals surface area contributed by atoms with Crippen LogP contribution in [-0.2, 0) is 0 Å². The van der Waals surface area contributed by atoms with Gasteiger partial charge in [-0.1, -0.05) is 11.6 Å². The van der Waals surface area contributed by atoms with E-state index in [2.05, 4.69) is 5.32 Å². The quantitative estimate of drug-likeness (QED) is 0.896. The van der Waals surface area contributed by atoms with Crippen LogP contribution in [0.1, 0.15) is 28.4 Å². The molecule has 3 nitrogen and oxygen atoms in total. The van der Waals surface area contributed by atoms with Gasteiger partial charge in [0.15, 0.2) is 0 Å². The molecule has 0 saturated heterocycles. The van der Waals surface area contributed by atoms with Gasteiger partial charge in [0, 0.05) is 16.3 Å². The molecule has 0 aliphatic carbocycles. The van der Waals surface area contributed by atoms with Gasteiger partial charge in [-0.3, -0.25) is 4.79 Å². The summed E-state index contributed by atoms with van der Waals surface area (Å²) in [6.45, 7) is 6.37. The summed E-state index contributed by atoms with van der Waals surface area (Å²) in [5, 5.41) is 3.55. The highest BCUT2D eigenvalue weighted by atomic mass is 35.5. The number of nitrogens with one attached hydrogen (secondary N) is 1. The fourth-order valence-corrected chi connectivity index (χ4v) is 2.30. The maximum atomic E-state index is 12.3. The number of aryl methyl sites for hydroxylation is 2. The number of carbonyl (C=O) groups is 1. The molecule has 0 aromatic heterocycles. The van der Waals surface area contributed by atoms with Crippen LogP contribution < -0.4 is 10.1 Å². The second-order valence-corrected chi connectivity index (χ2v) is 5.26. The minimum absolute atomic E-state index is 0.147. The molecule has 0 radical (unpaired) electrons. The molecule has 0 fully saturated rings. The van der Waals surface area contributed by atoms with Crippen LogP contribution in [-0.4, -0.2) is 12.5 Å². The van der Waals surface area contributed by atoms with E-state index in [1.165, 1.54) is 0 Å². The van der Waals surface area contributed by atoms with Crippen molar-refractivity contribution in [3.05, 3.63) is 58.1 Å². The third-order valence-corrected chi connectivity index (χ3v) is 3.41. The van der Waals surface area contributed by atoms with Crippen molar-refractivity contribution in [3.8, 4) is 5.75 Å². The van der Waals surface area contributed by atoms with Gasteiger partial charge in [0.05, 0.1) is 6.61 Å². The molecule has 0 bridgehead atoms. The molecule has 0 heterocycles. The zero-order chi connectivity index (χ0) is 15.4. The average molecular weight is 304 g/mol. The lowest BCUT2D eigenvalue weighted by Crippen LogP contribution is -2.13. The smallest absolute Gasteiger partial charge is 0.255 e. The van der Waals surface area contributed by atoms with Gasteiger partial charge in [-0.15, -0.1) is 0 Å². The normalized spacial score (nSPS) is 10.3. The van der Waals surface area contributed by atoms with Gasteiger partial charge in [-0.2, -0.15) is 0 Å². The number of carbonyl (C=O) groups excluding carboxylic acids is 1. The van der Waals surface area contributed by atoms with E-state index < -0.39 is 0 Å². The van der Waals surface area contributed by atoms with Crippen LogP contribution in [0.5, 0.6) is 5.75 Å². The van der Waals surface area contributed by atoms with Gasteiger partial charge < -0.3 is 10.1 Å². The molecule has 0 aliphatic rings. The highest BCUT2D eigenvalue weighted by Crippen LogP contribution is 2.22. The molecule has 21 heavy (non-hydrogen) atoms. The van der Waals surface area contributed by atoms with Crippen LogP contribution in [0, 0.1) is 13.8 Å². The maximum Gasteiger partial charge on any atom is 0.255 e. The molecule has 0 spiro atoms. The SMILES string of the molecule is CCOc1ccc(C(=O)Nc2ccc(Cl)cc2C)cc1C. The van der Waals surface area contributed by atoms with E-state index >= 15 is 0 Å². The van der Waals surface area contributed by atoms with E-state index in [4.69, 9.17) is 16.3 Å². The Hall–Kier alpha value is -2.00. The van der Waals surface area contributed by atoms with Crippen LogP contribution in [0.15, 0.2) is 36.4 Å². The number of hydrogen-bond donors (Lipinski definition) is 1. The van der Waals surface area contributed by atoms with Crippen LogP contribution in [0.25, 0.3) is 0 Å². The van der Waals surface area contributed by atoms with Gasteiger partial charge in [-0.25, -0.2) is 0 Å². The summed E-state index contributed by atoms with van der Waals surface area (Å²) in [4.78, 5) is 12.3. The average Bonchev–Trinajstić information content (AvgIpc) is 2.44. The number of anilines is 1. The Kier molecular flexibility index (Phi) is 4.86. The largest absolute Gasteiger partial charge is 0.494 e. The first-order chi connectivity index (χ1) is 10.0. The Labute approximate surface area is 129 Å². The summed E-state index contributed by atoms with van der Waals surface area (Å²) in [6.07, 6.45) is 0. The van der Waals surface area contributed by atoms with Gasteiger partial charge >= 0.3 is 0 Å². The van der Waals surface area contributed by atoms with Crippen LogP contribution in [0.4, 0.5) is 5.69 Å². The molecular formula is C17H18ClNO2. The van der Waals surface area contributed by atoms with Crippen molar-refractivity contribution in [1.29, 1.82) is 0 Å². The Morgan fingerprint density at radius 3 is 2.52 bits per heavy atom. The molecule has 2 aromatic carbocycles. The molecule has 1 amide bonds. The van der Waals surface area contributed by atoms with E-state index in [0.717, 1.165) is 22.6 Å². The molecule has 0 unspecified atom stereocenters. The van der Waals surface area contributed by atoms with Gasteiger partial charge in [0.1, 0.15) is 5.75 Å². The summed E-state index contributed by atoms with van der Waals surface area (Å²) < 4.78 is 5.48. The van der Waals surface area contributed by atoms with Crippen molar-refractivity contribution in [1.82, 2.24) is 0 Å². The van der Waals surface area contributed by atoms with Gasteiger partial charge in [0.2, 0.25) is 0 Å². The van der Waals surface area contributed by atoms with Crippen molar-refractivity contribution in [2.45, 2.75) is 20.8 Å². The second kappa shape index (κ2) is 6.64. The van der Waals surface area contributed by atoms with E-state index in [1.807, 2.05) is 39.0 Å². The Bertz CT molecular complexity index is 668. The van der Waals surface area contributed by atoms with E-state index in [-0.39, 0.29) is 5.91 Å². The predicted octanol–water partition coefficient (Wildman–Crippen LogP) is 4.61. The van der Waals surface area contributed by atoms with Crippen molar-refractivity contribution < 1.29 is 9.53 Å². The molecule has 0 aliphatic heterocycles. The molecule has 0 atom stereocenters. The lowest BCUT2D eigenvalue weighted by atomic mass is 10.1. The first-order valence-electron chi connectivity index (χ1n) is 6.82. The first kappa shape index (κ1) is 15.4. The second-order valence-electron chi connectivity index (χ2n) is 4.83. The zero-order valence-corrected chi connectivity index (χ0v) is 13.1. The van der Waals surface area contributed by atoms with Gasteiger partial charge in [0.25, 0.3) is 5.91 Å². The Morgan fingerprint density at radius 2 is 1.90 bits per heavy atom. The third-order valence-electron chi connectivity index (χ3n) is 3.17. The molecule has 0 saturated carbocycles. The van der Waals surface area contributed by atoms with Crippen molar-refractivity contribution >= 4 is 23.2 Å². The lowest BCUT2D eigenvalue weighted by molar-refractivity contribution is 0.102. The minimum Gasteiger partial charge on any atom is -0.494 e. The molecule has 4 heteroatoms. The summed E-state index contributed by atoms with van der Waals surface area (Å²) >= 11 is 5.91. The molecule has 2 rings (SSSR count). The molecule has 110 valence electrons. The zero-order valence-electron chi connectivity index (χ0n) is 12.4. The molecule has 1 N–H and O–H groups in total. The summed E-state index contributed by atoms with van der Waals surface area (Å²) in [6, 6.07) is 10.8. The minimum atomic E-state index is -0.147. The van der Waals surface area contributed by atoms with Crippen molar-refractivity contribution in [2.75, 3.05) is 11.9 Å². The fraction of sp³-hybridized carbons (Fsp3) is 0.235. The number of benzene rings is 2. The van der Waals surface area contributed by atoms with Gasteiger partial charge in [-0.05, 0) is 68.3 Å². The Morgan fingerprint density at radius 1 is 1.14 bits per heavy atom. The number of amides is 1. The standard InChI is InChI=1S/C17H18ClNO2/c1-4-21-16-8-5-13(9-12(16)3)17(20)19-15-7-6-14(18)10-11(15)2/h5-10H,4H2,1-3H3,(H,19,20). The highest BCUT2D eigenvalue weighted by molar-refractivity contribution is 6.30. The topological polar surface area (TPSA) is 38.3 Å². The van der Waals surface area contributed by atoms with Crippen LogP contribution in [0.3, 0.4) is 0 Å². The Balaban J connectivity index is 2.18. The van der Waals surface area contributed by atoms with Crippen LogP contribution in [0.2, 0.25) is 5.02 Å². The van der Waals surface area contributed by atoms with Crippen molar-refractivity contribution in [3.63, 3.8) is 0 Å². The van der Waals surface area contributed by atoms with E-state index in [0.29, 0.717) is 17.2 Å². The monoisotopic (exact) mass is 303 g/mol.